The van der Waals surface area contributed by atoms with Crippen molar-refractivity contribution in [3.63, 3.8) is 0 Å². The maximum absolute atomic E-state index is 12.5. The van der Waals surface area contributed by atoms with Crippen molar-refractivity contribution >= 4 is 11.8 Å². The zero-order valence-electron chi connectivity index (χ0n) is 14.9. The fourth-order valence-electron chi connectivity index (χ4n) is 3.09. The molecule has 136 valence electrons. The molecule has 26 heavy (non-hydrogen) atoms. The van der Waals surface area contributed by atoms with Crippen molar-refractivity contribution in [2.45, 2.75) is 12.8 Å². The summed E-state index contributed by atoms with van der Waals surface area (Å²) < 4.78 is 5.00. The molecule has 2 aromatic rings. The molecule has 1 fully saturated rings. The Hall–Kier alpha value is -2.89. The molecular formula is C20H23N3O3. The van der Waals surface area contributed by atoms with Gasteiger partial charge in [-0.05, 0) is 24.5 Å². The Morgan fingerprint density at radius 3 is 2.73 bits per heavy atom. The first-order valence-electron chi connectivity index (χ1n) is 8.78. The number of carbonyl (C=O) groups is 2. The molecule has 0 spiro atoms. The van der Waals surface area contributed by atoms with Gasteiger partial charge >= 0.3 is 0 Å². The van der Waals surface area contributed by atoms with Crippen LogP contribution in [0, 0.1) is 5.92 Å². The largest absolute Gasteiger partial charge is 0.481 e. The second-order valence-corrected chi connectivity index (χ2v) is 6.35. The topological polar surface area (TPSA) is 71.5 Å². The van der Waals surface area contributed by atoms with Crippen LogP contribution in [0.4, 0.5) is 0 Å². The number of aromatic nitrogens is 1. The van der Waals surface area contributed by atoms with Crippen molar-refractivity contribution in [3.8, 4) is 5.88 Å². The van der Waals surface area contributed by atoms with Crippen LogP contribution in [0.3, 0.4) is 0 Å². The van der Waals surface area contributed by atoms with Crippen molar-refractivity contribution in [2.24, 2.45) is 5.92 Å². The highest BCUT2D eigenvalue weighted by molar-refractivity contribution is 5.94. The average molecular weight is 353 g/mol. The van der Waals surface area contributed by atoms with E-state index < -0.39 is 0 Å². The number of nitrogens with one attached hydrogen (secondary N) is 1. The molecule has 6 heteroatoms. The van der Waals surface area contributed by atoms with Crippen molar-refractivity contribution < 1.29 is 14.3 Å². The van der Waals surface area contributed by atoms with Crippen LogP contribution in [0.1, 0.15) is 22.3 Å². The van der Waals surface area contributed by atoms with E-state index in [-0.39, 0.29) is 17.7 Å². The van der Waals surface area contributed by atoms with E-state index in [1.807, 2.05) is 30.3 Å². The zero-order valence-corrected chi connectivity index (χ0v) is 14.9. The molecule has 2 heterocycles. The van der Waals surface area contributed by atoms with Gasteiger partial charge in [0.05, 0.1) is 18.6 Å². The molecule has 1 aliphatic heterocycles. The van der Waals surface area contributed by atoms with Crippen LogP contribution in [-0.2, 0) is 11.2 Å². The first-order chi connectivity index (χ1) is 12.7. The molecule has 2 amide bonds. The van der Waals surface area contributed by atoms with Crippen LogP contribution in [0.15, 0.2) is 48.7 Å². The second kappa shape index (κ2) is 8.47. The standard InChI is InChI=1S/C20H23N3O3/c1-26-18-8-7-16(13-22-18)20(25)23-12-10-17(14-23)19(24)21-11-9-15-5-3-2-4-6-15/h2-8,13,17H,9-12,14H2,1H3,(H,21,24)/t17-/m0/s1. The van der Waals surface area contributed by atoms with E-state index in [0.717, 1.165) is 6.42 Å². The van der Waals surface area contributed by atoms with Crippen molar-refractivity contribution in [1.82, 2.24) is 15.2 Å². The number of hydrogen-bond acceptors (Lipinski definition) is 4. The number of amides is 2. The number of carbonyl (C=O) groups excluding carboxylic acids is 2. The fraction of sp³-hybridized carbons (Fsp3) is 0.350. The monoisotopic (exact) mass is 353 g/mol. The molecule has 3 rings (SSSR count). The maximum Gasteiger partial charge on any atom is 0.255 e. The summed E-state index contributed by atoms with van der Waals surface area (Å²) in [6.07, 6.45) is 3.00. The third-order valence-electron chi connectivity index (χ3n) is 4.59. The molecule has 0 bridgehead atoms. The van der Waals surface area contributed by atoms with E-state index in [0.29, 0.717) is 37.5 Å². The van der Waals surface area contributed by atoms with Crippen LogP contribution in [0.5, 0.6) is 5.88 Å². The number of likely N-dealkylation sites (tertiary alicyclic amines) is 1. The van der Waals surface area contributed by atoms with E-state index in [9.17, 15) is 9.59 Å². The molecule has 1 saturated heterocycles. The molecule has 0 aliphatic carbocycles. The van der Waals surface area contributed by atoms with E-state index in [1.165, 1.54) is 18.9 Å². The lowest BCUT2D eigenvalue weighted by Gasteiger charge is -2.16. The lowest BCUT2D eigenvalue weighted by molar-refractivity contribution is -0.124. The number of methoxy groups -OCH3 is 1. The SMILES string of the molecule is COc1ccc(C(=O)N2CC[C@H](C(=O)NCCc3ccccc3)C2)cn1. The smallest absolute Gasteiger partial charge is 0.255 e. The van der Waals surface area contributed by atoms with Gasteiger partial charge < -0.3 is 15.0 Å². The van der Waals surface area contributed by atoms with Gasteiger partial charge in [-0.3, -0.25) is 9.59 Å². The minimum atomic E-state index is -0.152. The number of benzene rings is 1. The number of pyridine rings is 1. The Bertz CT molecular complexity index is 747. The molecule has 0 radical (unpaired) electrons. The lowest BCUT2D eigenvalue weighted by Crippen LogP contribution is -2.35. The number of rotatable bonds is 6. The first-order valence-corrected chi connectivity index (χ1v) is 8.78. The van der Waals surface area contributed by atoms with Gasteiger partial charge in [0.1, 0.15) is 0 Å². The fourth-order valence-corrected chi connectivity index (χ4v) is 3.09. The predicted octanol–water partition coefficient (Wildman–Crippen LogP) is 1.91. The van der Waals surface area contributed by atoms with Gasteiger partial charge in [-0.25, -0.2) is 4.98 Å². The Morgan fingerprint density at radius 2 is 2.04 bits per heavy atom. The van der Waals surface area contributed by atoms with Crippen molar-refractivity contribution in [1.29, 1.82) is 0 Å². The summed E-state index contributed by atoms with van der Waals surface area (Å²) in [7, 11) is 1.53. The number of hydrogen-bond donors (Lipinski definition) is 1. The van der Waals surface area contributed by atoms with Gasteiger partial charge in [0.15, 0.2) is 0 Å². The summed E-state index contributed by atoms with van der Waals surface area (Å²) in [4.78, 5) is 30.7. The van der Waals surface area contributed by atoms with Crippen LogP contribution in [-0.4, -0.2) is 48.4 Å². The van der Waals surface area contributed by atoms with E-state index in [2.05, 4.69) is 10.3 Å². The Morgan fingerprint density at radius 1 is 1.23 bits per heavy atom. The molecule has 1 aromatic heterocycles. The van der Waals surface area contributed by atoms with E-state index >= 15 is 0 Å². The van der Waals surface area contributed by atoms with Gasteiger partial charge in [0, 0.05) is 31.9 Å². The minimum Gasteiger partial charge on any atom is -0.481 e. The molecule has 1 atom stereocenters. The highest BCUT2D eigenvalue weighted by atomic mass is 16.5. The van der Waals surface area contributed by atoms with Gasteiger partial charge in [0.2, 0.25) is 11.8 Å². The summed E-state index contributed by atoms with van der Waals surface area (Å²) in [6.45, 7) is 1.64. The molecule has 1 N–H and O–H groups in total. The summed E-state index contributed by atoms with van der Waals surface area (Å²) in [6, 6.07) is 13.4. The molecule has 1 aromatic carbocycles. The highest BCUT2D eigenvalue weighted by Crippen LogP contribution is 2.19. The third kappa shape index (κ3) is 4.39. The summed E-state index contributed by atoms with van der Waals surface area (Å²) >= 11 is 0. The average Bonchev–Trinajstić information content (AvgIpc) is 3.18. The van der Waals surface area contributed by atoms with Gasteiger partial charge in [-0.1, -0.05) is 30.3 Å². The zero-order chi connectivity index (χ0) is 18.4. The Labute approximate surface area is 153 Å². The normalized spacial score (nSPS) is 16.3. The molecule has 0 saturated carbocycles. The van der Waals surface area contributed by atoms with Crippen LogP contribution < -0.4 is 10.1 Å². The highest BCUT2D eigenvalue weighted by Gasteiger charge is 2.31. The molecular weight excluding hydrogens is 330 g/mol. The Kier molecular flexibility index (Phi) is 5.84. The predicted molar refractivity (Wildman–Crippen MR) is 98.0 cm³/mol. The van der Waals surface area contributed by atoms with Gasteiger partial charge in [0.25, 0.3) is 5.91 Å². The van der Waals surface area contributed by atoms with E-state index in [1.54, 1.807) is 17.0 Å². The lowest BCUT2D eigenvalue weighted by atomic mass is 10.1. The Balaban J connectivity index is 1.47. The summed E-state index contributed by atoms with van der Waals surface area (Å²) in [5, 5.41) is 2.98. The molecule has 0 unspecified atom stereocenters. The maximum atomic E-state index is 12.5. The van der Waals surface area contributed by atoms with E-state index in [4.69, 9.17) is 4.74 Å². The second-order valence-electron chi connectivity index (χ2n) is 6.35. The first kappa shape index (κ1) is 17.9. The third-order valence-corrected chi connectivity index (χ3v) is 4.59. The van der Waals surface area contributed by atoms with Crippen LogP contribution >= 0.6 is 0 Å². The van der Waals surface area contributed by atoms with Gasteiger partial charge in [-0.15, -0.1) is 0 Å². The summed E-state index contributed by atoms with van der Waals surface area (Å²) in [5.41, 5.74) is 1.71. The van der Waals surface area contributed by atoms with Crippen molar-refractivity contribution in [2.75, 3.05) is 26.7 Å². The molecule has 6 nitrogen and oxygen atoms in total. The van der Waals surface area contributed by atoms with Gasteiger partial charge in [-0.2, -0.15) is 0 Å². The quantitative estimate of drug-likeness (QED) is 0.861. The molecule has 1 aliphatic rings. The van der Waals surface area contributed by atoms with Crippen molar-refractivity contribution in [3.05, 3.63) is 59.8 Å². The summed E-state index contributed by atoms with van der Waals surface area (Å²) in [5.74, 6) is 0.239. The van der Waals surface area contributed by atoms with Crippen LogP contribution in [0.2, 0.25) is 0 Å². The van der Waals surface area contributed by atoms with Crippen LogP contribution in [0.25, 0.3) is 0 Å². The number of ether oxygens (including phenoxy) is 1. The minimum absolute atomic E-state index is 0.0177. The number of nitrogens with zero attached hydrogens (tertiary/aromatic N) is 2.